The molecule has 0 spiro atoms. The Hall–Kier alpha value is -1.05. The van der Waals surface area contributed by atoms with Crippen molar-refractivity contribution in [2.24, 2.45) is 10.4 Å². The van der Waals surface area contributed by atoms with Gasteiger partial charge in [-0.15, -0.1) is 0 Å². The predicted molar refractivity (Wildman–Crippen MR) is 78.4 cm³/mol. The molecule has 98 valence electrons. The molecule has 0 aromatic heterocycles. The van der Waals surface area contributed by atoms with E-state index in [9.17, 15) is 0 Å². The minimum Gasteiger partial charge on any atom is -0.371 e. The SMILES string of the molecule is C=N/C=C\C(=C/C)N1CC(C)(CCC)C1.CC. The van der Waals surface area contributed by atoms with Crippen LogP contribution < -0.4 is 0 Å². The molecule has 2 heteroatoms. The molecule has 2 nitrogen and oxygen atoms in total. The Morgan fingerprint density at radius 1 is 1.41 bits per heavy atom. The Bertz CT molecular complexity index is 271. The van der Waals surface area contributed by atoms with Crippen LogP contribution in [-0.4, -0.2) is 24.7 Å². The molecule has 1 fully saturated rings. The van der Waals surface area contributed by atoms with Crippen LogP contribution in [0.2, 0.25) is 0 Å². The first-order valence-electron chi connectivity index (χ1n) is 6.69. The van der Waals surface area contributed by atoms with Crippen LogP contribution in [0.4, 0.5) is 0 Å². The third-order valence-electron chi connectivity index (χ3n) is 3.01. The molecule has 0 bridgehead atoms. The number of rotatable bonds is 5. The zero-order valence-electron chi connectivity index (χ0n) is 12.2. The molecule has 0 saturated carbocycles. The van der Waals surface area contributed by atoms with E-state index in [-0.39, 0.29) is 0 Å². The van der Waals surface area contributed by atoms with Gasteiger partial charge in [0, 0.05) is 30.4 Å². The Balaban J connectivity index is 0.00000121. The van der Waals surface area contributed by atoms with Crippen molar-refractivity contribution in [3.8, 4) is 0 Å². The second-order valence-electron chi connectivity index (χ2n) is 4.63. The summed E-state index contributed by atoms with van der Waals surface area (Å²) < 4.78 is 0. The first kappa shape index (κ1) is 16.0. The quantitative estimate of drug-likeness (QED) is 0.514. The van der Waals surface area contributed by atoms with Crippen LogP contribution in [0, 0.1) is 5.41 Å². The van der Waals surface area contributed by atoms with Gasteiger partial charge in [-0.05, 0) is 26.1 Å². The summed E-state index contributed by atoms with van der Waals surface area (Å²) in [6.45, 7) is 16.5. The molecule has 1 saturated heterocycles. The van der Waals surface area contributed by atoms with Crippen molar-refractivity contribution in [2.45, 2.75) is 47.5 Å². The molecule has 1 aliphatic heterocycles. The number of hydrogen-bond donors (Lipinski definition) is 0. The third-order valence-corrected chi connectivity index (χ3v) is 3.01. The lowest BCUT2D eigenvalue weighted by atomic mass is 9.78. The van der Waals surface area contributed by atoms with Gasteiger partial charge in [-0.1, -0.05) is 40.2 Å². The van der Waals surface area contributed by atoms with E-state index in [1.54, 1.807) is 6.20 Å². The van der Waals surface area contributed by atoms with Crippen LogP contribution >= 0.6 is 0 Å². The van der Waals surface area contributed by atoms with E-state index < -0.39 is 0 Å². The van der Waals surface area contributed by atoms with Crippen LogP contribution in [0.1, 0.15) is 47.5 Å². The second kappa shape index (κ2) is 8.10. The maximum absolute atomic E-state index is 3.74. The third kappa shape index (κ3) is 4.76. The first-order valence-corrected chi connectivity index (χ1v) is 6.69. The van der Waals surface area contributed by atoms with Gasteiger partial charge in [0.1, 0.15) is 0 Å². The minimum atomic E-state index is 0.526. The minimum absolute atomic E-state index is 0.526. The molecule has 1 heterocycles. The van der Waals surface area contributed by atoms with E-state index in [1.165, 1.54) is 31.6 Å². The van der Waals surface area contributed by atoms with Gasteiger partial charge in [-0.2, -0.15) is 0 Å². The average Bonchev–Trinajstić information content (AvgIpc) is 2.31. The number of hydrogen-bond acceptors (Lipinski definition) is 2. The van der Waals surface area contributed by atoms with Crippen LogP contribution in [0.15, 0.2) is 29.0 Å². The maximum Gasteiger partial charge on any atom is 0.0338 e. The molecule has 0 aromatic carbocycles. The Labute approximate surface area is 107 Å². The van der Waals surface area contributed by atoms with E-state index in [0.717, 1.165) is 0 Å². The zero-order chi connectivity index (χ0) is 13.3. The first-order chi connectivity index (χ1) is 8.15. The highest BCUT2D eigenvalue weighted by Gasteiger charge is 2.37. The van der Waals surface area contributed by atoms with Crippen molar-refractivity contribution >= 4 is 6.72 Å². The lowest BCUT2D eigenvalue weighted by Gasteiger charge is -2.50. The van der Waals surface area contributed by atoms with Gasteiger partial charge in [-0.3, -0.25) is 4.99 Å². The van der Waals surface area contributed by atoms with Gasteiger partial charge in [0.25, 0.3) is 0 Å². The van der Waals surface area contributed by atoms with Gasteiger partial charge >= 0.3 is 0 Å². The standard InChI is InChI=1S/C13H22N2.C2H6/c1-5-8-13(3)10-15(11-13)12(6-2)7-9-14-4;1-2/h6-7,9H,4-5,8,10-11H2,1-3H3;1-2H3/b9-7-,12-6+;. The Kier molecular flexibility index (Phi) is 7.60. The van der Waals surface area contributed by atoms with Crippen LogP contribution in [0.25, 0.3) is 0 Å². The fraction of sp³-hybridized carbons (Fsp3) is 0.667. The molecule has 0 aliphatic carbocycles. The number of nitrogens with zero attached hydrogens (tertiary/aromatic N) is 2. The summed E-state index contributed by atoms with van der Waals surface area (Å²) in [5.74, 6) is 0. The fourth-order valence-electron chi connectivity index (χ4n) is 2.33. The van der Waals surface area contributed by atoms with Gasteiger partial charge in [0.2, 0.25) is 0 Å². The summed E-state index contributed by atoms with van der Waals surface area (Å²) in [4.78, 5) is 6.14. The second-order valence-corrected chi connectivity index (χ2v) is 4.63. The monoisotopic (exact) mass is 236 g/mol. The Morgan fingerprint density at radius 2 is 2.00 bits per heavy atom. The number of likely N-dealkylation sites (tertiary alicyclic amines) is 1. The van der Waals surface area contributed by atoms with E-state index in [4.69, 9.17) is 0 Å². The average molecular weight is 236 g/mol. The van der Waals surface area contributed by atoms with Gasteiger partial charge < -0.3 is 4.90 Å². The van der Waals surface area contributed by atoms with Crippen molar-refractivity contribution in [3.05, 3.63) is 24.0 Å². The molecule has 0 unspecified atom stereocenters. The zero-order valence-corrected chi connectivity index (χ0v) is 12.2. The van der Waals surface area contributed by atoms with Gasteiger partial charge in [0.15, 0.2) is 0 Å². The Morgan fingerprint density at radius 3 is 2.41 bits per heavy atom. The lowest BCUT2D eigenvalue weighted by Crippen LogP contribution is -2.53. The molecule has 0 radical (unpaired) electrons. The molecule has 1 aliphatic rings. The molecule has 0 atom stereocenters. The van der Waals surface area contributed by atoms with Crippen molar-refractivity contribution in [3.63, 3.8) is 0 Å². The van der Waals surface area contributed by atoms with Crippen LogP contribution in [-0.2, 0) is 0 Å². The fourth-order valence-corrected chi connectivity index (χ4v) is 2.33. The largest absolute Gasteiger partial charge is 0.371 e. The number of aliphatic imine (C=N–C) groups is 1. The lowest BCUT2D eigenvalue weighted by molar-refractivity contribution is 0.0411. The highest BCUT2D eigenvalue weighted by Crippen LogP contribution is 2.36. The molecule has 0 aromatic rings. The normalized spacial score (nSPS) is 18.4. The molecular formula is C15H28N2. The van der Waals surface area contributed by atoms with E-state index in [0.29, 0.717) is 5.41 Å². The topological polar surface area (TPSA) is 15.6 Å². The molecule has 17 heavy (non-hydrogen) atoms. The van der Waals surface area contributed by atoms with Crippen LogP contribution in [0.3, 0.4) is 0 Å². The smallest absolute Gasteiger partial charge is 0.0338 e. The summed E-state index contributed by atoms with van der Waals surface area (Å²) >= 11 is 0. The van der Waals surface area contributed by atoms with E-state index in [1.807, 2.05) is 19.9 Å². The molecule has 0 N–H and O–H groups in total. The summed E-state index contributed by atoms with van der Waals surface area (Å²) in [5.41, 5.74) is 1.79. The summed E-state index contributed by atoms with van der Waals surface area (Å²) in [7, 11) is 0. The highest BCUT2D eigenvalue weighted by atomic mass is 15.2. The molecule has 1 rings (SSSR count). The van der Waals surface area contributed by atoms with Crippen LogP contribution in [0.5, 0.6) is 0 Å². The molecular weight excluding hydrogens is 208 g/mol. The van der Waals surface area contributed by atoms with Crippen molar-refractivity contribution < 1.29 is 0 Å². The summed E-state index contributed by atoms with van der Waals surface area (Å²) in [6.07, 6.45) is 8.51. The highest BCUT2D eigenvalue weighted by molar-refractivity contribution is 5.28. The van der Waals surface area contributed by atoms with E-state index in [2.05, 4.69) is 43.5 Å². The predicted octanol–water partition coefficient (Wildman–Crippen LogP) is 4.25. The van der Waals surface area contributed by atoms with Crippen molar-refractivity contribution in [1.29, 1.82) is 0 Å². The number of allylic oxidation sites excluding steroid dienone is 2. The van der Waals surface area contributed by atoms with Gasteiger partial charge in [-0.25, -0.2) is 0 Å². The van der Waals surface area contributed by atoms with Crippen molar-refractivity contribution in [1.82, 2.24) is 4.90 Å². The van der Waals surface area contributed by atoms with Crippen molar-refractivity contribution in [2.75, 3.05) is 13.1 Å². The van der Waals surface area contributed by atoms with Gasteiger partial charge in [0.05, 0.1) is 0 Å². The van der Waals surface area contributed by atoms with E-state index >= 15 is 0 Å². The maximum atomic E-state index is 3.74. The summed E-state index contributed by atoms with van der Waals surface area (Å²) in [5, 5.41) is 0. The summed E-state index contributed by atoms with van der Waals surface area (Å²) in [6, 6.07) is 0. The molecule has 0 amide bonds.